The third-order valence-corrected chi connectivity index (χ3v) is 3.79. The molecule has 0 spiro atoms. The highest BCUT2D eigenvalue weighted by Gasteiger charge is 2.22. The van der Waals surface area contributed by atoms with Crippen molar-refractivity contribution < 1.29 is 8.78 Å². The summed E-state index contributed by atoms with van der Waals surface area (Å²) in [5.74, 6) is 0.768. The normalized spacial score (nSPS) is 12.0. The van der Waals surface area contributed by atoms with Crippen LogP contribution in [0.25, 0.3) is 11.4 Å². The van der Waals surface area contributed by atoms with Crippen LogP contribution in [0.1, 0.15) is 38.5 Å². The van der Waals surface area contributed by atoms with Crippen LogP contribution in [0.3, 0.4) is 0 Å². The number of rotatable bonds is 2. The van der Waals surface area contributed by atoms with Crippen molar-refractivity contribution in [1.82, 2.24) is 9.97 Å². The summed E-state index contributed by atoms with van der Waals surface area (Å²) < 4.78 is 25.8. The first kappa shape index (κ1) is 15.8. The van der Waals surface area contributed by atoms with Crippen LogP contribution in [0.5, 0.6) is 0 Å². The van der Waals surface area contributed by atoms with Crippen LogP contribution in [-0.2, 0) is 5.41 Å². The molecule has 0 unspecified atom stereocenters. The Labute approximate surface area is 130 Å². The van der Waals surface area contributed by atoms with Crippen molar-refractivity contribution in [3.8, 4) is 11.4 Å². The summed E-state index contributed by atoms with van der Waals surface area (Å²) in [7, 11) is 0. The molecule has 0 saturated heterocycles. The molecule has 112 valence electrons. The number of benzene rings is 1. The highest BCUT2D eigenvalue weighted by atomic mass is 79.9. The second-order valence-corrected chi connectivity index (χ2v) is 6.56. The van der Waals surface area contributed by atoms with Crippen molar-refractivity contribution in [1.29, 1.82) is 0 Å². The van der Waals surface area contributed by atoms with Gasteiger partial charge in [-0.05, 0) is 15.9 Å². The summed E-state index contributed by atoms with van der Waals surface area (Å²) in [4.78, 5) is 8.75. The third-order valence-electron chi connectivity index (χ3n) is 3.01. The summed E-state index contributed by atoms with van der Waals surface area (Å²) in [5, 5.41) is 0. The van der Waals surface area contributed by atoms with E-state index in [1.807, 2.05) is 20.8 Å². The van der Waals surface area contributed by atoms with Gasteiger partial charge in [-0.3, -0.25) is 0 Å². The molecular formula is C15H16BrF2N3. The molecule has 1 aromatic carbocycles. The fourth-order valence-corrected chi connectivity index (χ4v) is 2.64. The van der Waals surface area contributed by atoms with E-state index < -0.39 is 6.43 Å². The van der Waals surface area contributed by atoms with E-state index in [9.17, 15) is 8.78 Å². The lowest BCUT2D eigenvalue weighted by molar-refractivity contribution is 0.151. The number of halogens is 3. The van der Waals surface area contributed by atoms with Gasteiger partial charge < -0.3 is 5.73 Å². The number of nitrogens with zero attached hydrogens (tertiary/aromatic N) is 2. The van der Waals surface area contributed by atoms with Gasteiger partial charge in [0.15, 0.2) is 5.82 Å². The van der Waals surface area contributed by atoms with Crippen LogP contribution in [0.2, 0.25) is 0 Å². The highest BCUT2D eigenvalue weighted by molar-refractivity contribution is 9.10. The number of aromatic nitrogens is 2. The van der Waals surface area contributed by atoms with Gasteiger partial charge in [-0.2, -0.15) is 0 Å². The Bertz CT molecular complexity index is 649. The molecule has 0 aliphatic heterocycles. The van der Waals surface area contributed by atoms with E-state index >= 15 is 0 Å². The molecule has 0 bridgehead atoms. The molecule has 6 heteroatoms. The first-order valence-electron chi connectivity index (χ1n) is 6.42. The average molecular weight is 356 g/mol. The Morgan fingerprint density at radius 2 is 1.67 bits per heavy atom. The fourth-order valence-electron chi connectivity index (χ4n) is 1.87. The van der Waals surface area contributed by atoms with E-state index in [0.29, 0.717) is 21.7 Å². The predicted octanol–water partition coefficient (Wildman–Crippen LogP) is 4.72. The van der Waals surface area contributed by atoms with Gasteiger partial charge in [0.1, 0.15) is 5.82 Å². The molecule has 0 aliphatic rings. The van der Waals surface area contributed by atoms with Crippen molar-refractivity contribution in [3.63, 3.8) is 0 Å². The summed E-state index contributed by atoms with van der Waals surface area (Å²) in [6, 6.07) is 5.91. The maximum absolute atomic E-state index is 12.6. The van der Waals surface area contributed by atoms with E-state index in [0.717, 1.165) is 5.69 Å². The molecule has 0 atom stereocenters. The van der Waals surface area contributed by atoms with Crippen LogP contribution in [0, 0.1) is 0 Å². The molecule has 2 aromatic rings. The maximum Gasteiger partial charge on any atom is 0.263 e. The van der Waals surface area contributed by atoms with Gasteiger partial charge in [0.25, 0.3) is 6.43 Å². The topological polar surface area (TPSA) is 51.8 Å². The quantitative estimate of drug-likeness (QED) is 0.847. The molecule has 0 radical (unpaired) electrons. The Morgan fingerprint density at radius 3 is 2.14 bits per heavy atom. The molecule has 3 nitrogen and oxygen atoms in total. The van der Waals surface area contributed by atoms with E-state index in [2.05, 4.69) is 25.9 Å². The second-order valence-electron chi connectivity index (χ2n) is 5.77. The van der Waals surface area contributed by atoms with Crippen molar-refractivity contribution in [2.45, 2.75) is 32.6 Å². The summed E-state index contributed by atoms with van der Waals surface area (Å²) in [6.45, 7) is 6.05. The number of hydrogen-bond donors (Lipinski definition) is 1. The lowest BCUT2D eigenvalue weighted by atomic mass is 9.91. The Kier molecular flexibility index (Phi) is 4.27. The third kappa shape index (κ3) is 3.37. The zero-order chi connectivity index (χ0) is 15.8. The van der Waals surface area contributed by atoms with Crippen molar-refractivity contribution >= 4 is 21.7 Å². The van der Waals surface area contributed by atoms with Gasteiger partial charge in [-0.15, -0.1) is 0 Å². The number of hydrogen-bond acceptors (Lipinski definition) is 3. The standard InChI is InChI=1S/C15H16BrF2N3/c1-15(2,3)11-10(16)13(19)21-14(20-11)9-6-4-8(5-7-9)12(17)18/h4-7,12H,1-3H3,(H2,19,20,21). The number of anilines is 1. The first-order valence-corrected chi connectivity index (χ1v) is 7.21. The van der Waals surface area contributed by atoms with Gasteiger partial charge in [0.05, 0.1) is 10.2 Å². The summed E-state index contributed by atoms with van der Waals surface area (Å²) >= 11 is 3.40. The molecule has 0 fully saturated rings. The monoisotopic (exact) mass is 355 g/mol. The Morgan fingerprint density at radius 1 is 1.10 bits per heavy atom. The molecule has 0 amide bonds. The summed E-state index contributed by atoms with van der Waals surface area (Å²) in [6.07, 6.45) is -2.49. The molecule has 2 rings (SSSR count). The van der Waals surface area contributed by atoms with Crippen molar-refractivity contribution in [3.05, 3.63) is 40.0 Å². The molecule has 1 aromatic heterocycles. The van der Waals surface area contributed by atoms with Gasteiger partial charge in [-0.1, -0.05) is 45.0 Å². The van der Waals surface area contributed by atoms with E-state index in [1.165, 1.54) is 12.1 Å². The van der Waals surface area contributed by atoms with Gasteiger partial charge >= 0.3 is 0 Å². The number of alkyl halides is 2. The molecule has 21 heavy (non-hydrogen) atoms. The molecular weight excluding hydrogens is 340 g/mol. The van der Waals surface area contributed by atoms with Crippen LogP contribution in [-0.4, -0.2) is 9.97 Å². The number of nitrogens with two attached hydrogens (primary N) is 1. The summed E-state index contributed by atoms with van der Waals surface area (Å²) in [5.41, 5.74) is 7.11. The van der Waals surface area contributed by atoms with E-state index in [4.69, 9.17) is 5.73 Å². The van der Waals surface area contributed by atoms with Crippen LogP contribution >= 0.6 is 15.9 Å². The lowest BCUT2D eigenvalue weighted by Gasteiger charge is -2.21. The zero-order valence-corrected chi connectivity index (χ0v) is 13.6. The van der Waals surface area contributed by atoms with Crippen LogP contribution < -0.4 is 5.73 Å². The minimum Gasteiger partial charge on any atom is -0.383 e. The molecule has 1 heterocycles. The maximum atomic E-state index is 12.6. The Hall–Kier alpha value is -1.56. The Balaban J connectivity index is 2.52. The largest absolute Gasteiger partial charge is 0.383 e. The predicted molar refractivity (Wildman–Crippen MR) is 83.2 cm³/mol. The second kappa shape index (κ2) is 5.67. The minimum atomic E-state index is -2.49. The molecule has 0 aliphatic carbocycles. The first-order chi connectivity index (χ1) is 9.70. The molecule has 0 saturated carbocycles. The fraction of sp³-hybridized carbons (Fsp3) is 0.333. The number of nitrogen functional groups attached to an aromatic ring is 1. The molecule has 2 N–H and O–H groups in total. The zero-order valence-electron chi connectivity index (χ0n) is 12.0. The SMILES string of the molecule is CC(C)(C)c1nc(-c2ccc(C(F)F)cc2)nc(N)c1Br. The van der Waals surface area contributed by atoms with Crippen LogP contribution in [0.15, 0.2) is 28.7 Å². The van der Waals surface area contributed by atoms with Gasteiger partial charge in [0.2, 0.25) is 0 Å². The van der Waals surface area contributed by atoms with Crippen molar-refractivity contribution in [2.75, 3.05) is 5.73 Å². The van der Waals surface area contributed by atoms with E-state index in [1.54, 1.807) is 12.1 Å². The smallest absolute Gasteiger partial charge is 0.263 e. The average Bonchev–Trinajstić information content (AvgIpc) is 2.40. The minimum absolute atomic E-state index is 0.0279. The van der Waals surface area contributed by atoms with Gasteiger partial charge in [0, 0.05) is 16.5 Å². The van der Waals surface area contributed by atoms with E-state index in [-0.39, 0.29) is 11.0 Å². The lowest BCUT2D eigenvalue weighted by Crippen LogP contribution is -2.17. The van der Waals surface area contributed by atoms with Gasteiger partial charge in [-0.25, -0.2) is 18.7 Å². The highest BCUT2D eigenvalue weighted by Crippen LogP contribution is 2.33. The van der Waals surface area contributed by atoms with Crippen LogP contribution in [0.4, 0.5) is 14.6 Å². The van der Waals surface area contributed by atoms with Crippen molar-refractivity contribution in [2.24, 2.45) is 0 Å².